The largest absolute Gasteiger partial charge is 0.456 e. The molecule has 0 unspecified atom stereocenters. The smallest absolute Gasteiger partial charge is 0.338 e. The summed E-state index contributed by atoms with van der Waals surface area (Å²) < 4.78 is 10.7. The van der Waals surface area contributed by atoms with E-state index in [0.717, 1.165) is 0 Å². The van der Waals surface area contributed by atoms with E-state index >= 15 is 0 Å². The standard InChI is InChI=1S/C20H24N2O4/c1-19(2,3)25-17(23)13-7-9-21-15(11-13)16-12-14(8-10-22-16)18(24)26-20(4,5)6/h7-12H,1-6H3. The molecule has 0 saturated carbocycles. The second-order valence-electron chi connectivity index (χ2n) is 7.86. The van der Waals surface area contributed by atoms with E-state index in [2.05, 4.69) is 9.97 Å². The number of esters is 2. The van der Waals surface area contributed by atoms with E-state index in [0.29, 0.717) is 22.5 Å². The Bertz CT molecular complexity index is 748. The third-order valence-electron chi connectivity index (χ3n) is 3.05. The van der Waals surface area contributed by atoms with Gasteiger partial charge < -0.3 is 9.47 Å². The van der Waals surface area contributed by atoms with E-state index < -0.39 is 23.1 Å². The summed E-state index contributed by atoms with van der Waals surface area (Å²) in [7, 11) is 0. The third-order valence-corrected chi connectivity index (χ3v) is 3.05. The third kappa shape index (κ3) is 5.65. The molecule has 6 heteroatoms. The van der Waals surface area contributed by atoms with Gasteiger partial charge in [0, 0.05) is 12.4 Å². The number of hydrogen-bond donors (Lipinski definition) is 0. The van der Waals surface area contributed by atoms with Gasteiger partial charge in [-0.3, -0.25) is 9.97 Å². The van der Waals surface area contributed by atoms with Crippen LogP contribution in [0.2, 0.25) is 0 Å². The molecular weight excluding hydrogens is 332 g/mol. The van der Waals surface area contributed by atoms with Crippen LogP contribution in [-0.4, -0.2) is 33.1 Å². The Morgan fingerprint density at radius 1 is 0.731 bits per heavy atom. The van der Waals surface area contributed by atoms with Crippen LogP contribution in [-0.2, 0) is 9.47 Å². The molecule has 0 aliphatic heterocycles. The fourth-order valence-electron chi connectivity index (χ4n) is 2.07. The summed E-state index contributed by atoms with van der Waals surface area (Å²) in [5.74, 6) is -0.881. The molecule has 0 bridgehead atoms. The molecule has 2 rings (SSSR count). The number of hydrogen-bond acceptors (Lipinski definition) is 6. The van der Waals surface area contributed by atoms with E-state index in [1.165, 1.54) is 12.4 Å². The van der Waals surface area contributed by atoms with Crippen LogP contribution >= 0.6 is 0 Å². The molecule has 2 aromatic rings. The normalized spacial score (nSPS) is 11.8. The van der Waals surface area contributed by atoms with Crippen molar-refractivity contribution >= 4 is 11.9 Å². The fourth-order valence-corrected chi connectivity index (χ4v) is 2.07. The zero-order valence-electron chi connectivity index (χ0n) is 16.0. The summed E-state index contributed by atoms with van der Waals surface area (Å²) in [5.41, 5.74) is 0.506. The van der Waals surface area contributed by atoms with Crippen LogP contribution in [0.4, 0.5) is 0 Å². The number of rotatable bonds is 3. The van der Waals surface area contributed by atoms with E-state index in [9.17, 15) is 9.59 Å². The van der Waals surface area contributed by atoms with Crippen LogP contribution in [0.5, 0.6) is 0 Å². The first-order valence-electron chi connectivity index (χ1n) is 8.34. The fraction of sp³-hybridized carbons (Fsp3) is 0.400. The lowest BCUT2D eigenvalue weighted by molar-refractivity contribution is 0.00567. The van der Waals surface area contributed by atoms with E-state index in [1.54, 1.807) is 65.8 Å². The number of carbonyl (C=O) groups is 2. The Labute approximate surface area is 153 Å². The average Bonchev–Trinajstić information content (AvgIpc) is 2.52. The Morgan fingerprint density at radius 2 is 1.08 bits per heavy atom. The highest BCUT2D eigenvalue weighted by molar-refractivity contribution is 5.92. The lowest BCUT2D eigenvalue weighted by atomic mass is 10.1. The van der Waals surface area contributed by atoms with Gasteiger partial charge >= 0.3 is 11.9 Å². The molecule has 2 heterocycles. The first-order chi connectivity index (χ1) is 11.9. The second kappa shape index (κ2) is 7.23. The maximum absolute atomic E-state index is 12.2. The molecule has 0 radical (unpaired) electrons. The average molecular weight is 356 g/mol. The quantitative estimate of drug-likeness (QED) is 0.772. The number of aromatic nitrogens is 2. The van der Waals surface area contributed by atoms with Crippen molar-refractivity contribution in [1.82, 2.24) is 9.97 Å². The van der Waals surface area contributed by atoms with Crippen molar-refractivity contribution < 1.29 is 19.1 Å². The molecule has 0 aliphatic rings. The summed E-state index contributed by atoms with van der Waals surface area (Å²) in [4.78, 5) is 32.9. The first-order valence-corrected chi connectivity index (χ1v) is 8.34. The number of carbonyl (C=O) groups excluding carboxylic acids is 2. The van der Waals surface area contributed by atoms with Gasteiger partial charge in [-0.05, 0) is 65.8 Å². The van der Waals surface area contributed by atoms with Crippen LogP contribution in [0.3, 0.4) is 0 Å². The molecule has 0 N–H and O–H groups in total. The first kappa shape index (κ1) is 19.6. The molecule has 6 nitrogen and oxygen atoms in total. The summed E-state index contributed by atoms with van der Waals surface area (Å²) in [6.45, 7) is 10.8. The van der Waals surface area contributed by atoms with Crippen LogP contribution in [0.25, 0.3) is 11.4 Å². The van der Waals surface area contributed by atoms with Gasteiger partial charge in [0.2, 0.25) is 0 Å². The van der Waals surface area contributed by atoms with Crippen molar-refractivity contribution in [3.05, 3.63) is 47.8 Å². The van der Waals surface area contributed by atoms with Crippen molar-refractivity contribution in [1.29, 1.82) is 0 Å². The van der Waals surface area contributed by atoms with Crippen molar-refractivity contribution in [2.24, 2.45) is 0 Å². The van der Waals surface area contributed by atoms with Gasteiger partial charge in [0.1, 0.15) is 11.2 Å². The maximum Gasteiger partial charge on any atom is 0.338 e. The predicted octanol–water partition coefficient (Wildman–Crippen LogP) is 4.05. The van der Waals surface area contributed by atoms with E-state index in [-0.39, 0.29) is 0 Å². The molecule has 138 valence electrons. The zero-order valence-corrected chi connectivity index (χ0v) is 16.0. The van der Waals surface area contributed by atoms with Gasteiger partial charge in [-0.2, -0.15) is 0 Å². The molecule has 0 aliphatic carbocycles. The number of nitrogens with zero attached hydrogens (tertiary/aromatic N) is 2. The summed E-state index contributed by atoms with van der Waals surface area (Å²) in [6, 6.07) is 6.34. The van der Waals surface area contributed by atoms with Crippen molar-refractivity contribution in [2.75, 3.05) is 0 Å². The molecular formula is C20H24N2O4. The summed E-state index contributed by atoms with van der Waals surface area (Å²) >= 11 is 0. The van der Waals surface area contributed by atoms with Crippen LogP contribution in [0, 0.1) is 0 Å². The van der Waals surface area contributed by atoms with Crippen molar-refractivity contribution in [2.45, 2.75) is 52.7 Å². The predicted molar refractivity (Wildman–Crippen MR) is 97.8 cm³/mol. The molecule has 0 spiro atoms. The summed E-state index contributed by atoms with van der Waals surface area (Å²) in [5, 5.41) is 0. The number of pyridine rings is 2. The molecule has 0 fully saturated rings. The van der Waals surface area contributed by atoms with Gasteiger partial charge in [-0.15, -0.1) is 0 Å². The molecule has 2 aromatic heterocycles. The monoisotopic (exact) mass is 356 g/mol. The maximum atomic E-state index is 12.2. The van der Waals surface area contributed by atoms with Gasteiger partial charge in [0.25, 0.3) is 0 Å². The minimum Gasteiger partial charge on any atom is -0.456 e. The van der Waals surface area contributed by atoms with Crippen LogP contribution in [0.15, 0.2) is 36.7 Å². The molecule has 0 aromatic carbocycles. The topological polar surface area (TPSA) is 78.4 Å². The lowest BCUT2D eigenvalue weighted by Crippen LogP contribution is -2.24. The van der Waals surface area contributed by atoms with Crippen LogP contribution < -0.4 is 0 Å². The summed E-state index contributed by atoms with van der Waals surface area (Å²) in [6.07, 6.45) is 3.02. The molecule has 0 amide bonds. The highest BCUT2D eigenvalue weighted by atomic mass is 16.6. The Morgan fingerprint density at radius 3 is 1.38 bits per heavy atom. The second-order valence-corrected chi connectivity index (χ2v) is 7.86. The van der Waals surface area contributed by atoms with E-state index in [1.807, 2.05) is 0 Å². The van der Waals surface area contributed by atoms with Crippen molar-refractivity contribution in [3.8, 4) is 11.4 Å². The van der Waals surface area contributed by atoms with Gasteiger partial charge in [-0.25, -0.2) is 9.59 Å². The zero-order chi connectivity index (χ0) is 19.5. The van der Waals surface area contributed by atoms with Gasteiger partial charge in [0.05, 0.1) is 22.5 Å². The molecule has 0 atom stereocenters. The van der Waals surface area contributed by atoms with Crippen LogP contribution in [0.1, 0.15) is 62.3 Å². The Kier molecular flexibility index (Phi) is 5.44. The van der Waals surface area contributed by atoms with Gasteiger partial charge in [-0.1, -0.05) is 0 Å². The van der Waals surface area contributed by atoms with Crippen molar-refractivity contribution in [3.63, 3.8) is 0 Å². The lowest BCUT2D eigenvalue weighted by Gasteiger charge is -2.20. The Balaban J connectivity index is 2.29. The highest BCUT2D eigenvalue weighted by Crippen LogP contribution is 2.20. The SMILES string of the molecule is CC(C)(C)OC(=O)c1ccnc(-c2cc(C(=O)OC(C)(C)C)ccn2)c1. The molecule has 0 saturated heterocycles. The Hall–Kier alpha value is -2.76. The van der Waals surface area contributed by atoms with Gasteiger partial charge in [0.15, 0.2) is 0 Å². The van der Waals surface area contributed by atoms with E-state index in [4.69, 9.17) is 9.47 Å². The minimum absolute atomic E-state index is 0.370. The minimum atomic E-state index is -0.588. The number of ether oxygens (including phenoxy) is 2. The highest BCUT2D eigenvalue weighted by Gasteiger charge is 2.20. The molecule has 26 heavy (non-hydrogen) atoms.